The Morgan fingerprint density at radius 1 is 1.00 bits per heavy atom. The minimum Gasteiger partial charge on any atom is -0.465 e. The van der Waals surface area contributed by atoms with E-state index >= 15 is 0 Å². The molecule has 0 atom stereocenters. The predicted molar refractivity (Wildman–Crippen MR) is 72.5 cm³/mol. The van der Waals surface area contributed by atoms with E-state index in [0.29, 0.717) is 26.3 Å². The highest BCUT2D eigenvalue weighted by Gasteiger charge is 1.98. The third-order valence-corrected chi connectivity index (χ3v) is 2.30. The van der Waals surface area contributed by atoms with Gasteiger partial charge < -0.3 is 14.4 Å². The Labute approximate surface area is 114 Å². The van der Waals surface area contributed by atoms with Crippen molar-refractivity contribution in [2.75, 3.05) is 46.9 Å². The number of esters is 2. The van der Waals surface area contributed by atoms with E-state index in [-0.39, 0.29) is 11.9 Å². The molecule has 0 aliphatic rings. The van der Waals surface area contributed by atoms with Gasteiger partial charge in [0.05, 0.1) is 6.54 Å². The van der Waals surface area contributed by atoms with Gasteiger partial charge in [0.2, 0.25) is 0 Å². The number of hydrogen-bond donors (Lipinski definition) is 0. The smallest absolute Gasteiger partial charge is 0.302 e. The summed E-state index contributed by atoms with van der Waals surface area (Å²) in [5.41, 5.74) is 0. The van der Waals surface area contributed by atoms with Gasteiger partial charge in [-0.2, -0.15) is 0 Å². The van der Waals surface area contributed by atoms with Gasteiger partial charge in [-0.05, 0) is 13.2 Å². The number of likely N-dealkylation sites (N-methyl/N-ethyl adjacent to an activating group) is 2. The highest BCUT2D eigenvalue weighted by atomic mass is 16.5. The van der Waals surface area contributed by atoms with E-state index in [9.17, 15) is 9.59 Å². The van der Waals surface area contributed by atoms with Crippen LogP contribution in [-0.4, -0.2) is 68.7 Å². The first-order valence-electron chi connectivity index (χ1n) is 6.24. The number of carbonyl (C=O) groups is 2. The largest absolute Gasteiger partial charge is 0.465 e. The van der Waals surface area contributed by atoms with Gasteiger partial charge in [0.25, 0.3) is 0 Å². The zero-order valence-corrected chi connectivity index (χ0v) is 12.2. The number of hydrogen-bond acceptors (Lipinski definition) is 6. The van der Waals surface area contributed by atoms with Crippen LogP contribution < -0.4 is 0 Å². The molecule has 0 fully saturated rings. The zero-order valence-electron chi connectivity index (χ0n) is 12.2. The molecule has 0 aromatic heterocycles. The summed E-state index contributed by atoms with van der Waals surface area (Å²) < 4.78 is 9.69. The Morgan fingerprint density at radius 2 is 1.53 bits per heavy atom. The summed E-state index contributed by atoms with van der Waals surface area (Å²) in [4.78, 5) is 25.1. The number of rotatable bonds is 9. The van der Waals surface area contributed by atoms with E-state index in [1.165, 1.54) is 13.8 Å². The molecule has 0 N–H and O–H groups in total. The van der Waals surface area contributed by atoms with Crippen molar-refractivity contribution in [3.8, 4) is 0 Å². The lowest BCUT2D eigenvalue weighted by Crippen LogP contribution is -2.25. The van der Waals surface area contributed by atoms with Crippen molar-refractivity contribution in [3.63, 3.8) is 0 Å². The summed E-state index contributed by atoms with van der Waals surface area (Å²) in [5, 5.41) is 0. The van der Waals surface area contributed by atoms with Crippen LogP contribution in [0.15, 0.2) is 12.3 Å². The maximum Gasteiger partial charge on any atom is 0.302 e. The monoisotopic (exact) mass is 272 g/mol. The van der Waals surface area contributed by atoms with E-state index in [2.05, 4.69) is 0 Å². The first kappa shape index (κ1) is 17.4. The van der Waals surface area contributed by atoms with Crippen LogP contribution in [-0.2, 0) is 19.1 Å². The summed E-state index contributed by atoms with van der Waals surface area (Å²) in [5.74, 6) is -0.517. The van der Waals surface area contributed by atoms with Gasteiger partial charge in [0.15, 0.2) is 0 Å². The molecule has 0 aromatic rings. The Kier molecular flexibility index (Phi) is 9.52. The van der Waals surface area contributed by atoms with Crippen LogP contribution in [0.1, 0.15) is 13.8 Å². The first-order chi connectivity index (χ1) is 8.91. The Bertz CT molecular complexity index is 305. The maximum atomic E-state index is 10.6. The zero-order chi connectivity index (χ0) is 14.7. The van der Waals surface area contributed by atoms with Crippen molar-refractivity contribution in [2.24, 2.45) is 0 Å². The molecule has 0 radical (unpaired) electrons. The average molecular weight is 272 g/mol. The van der Waals surface area contributed by atoms with Crippen molar-refractivity contribution in [3.05, 3.63) is 12.3 Å². The molecule has 0 spiro atoms. The Hall–Kier alpha value is -1.56. The van der Waals surface area contributed by atoms with Crippen LogP contribution in [0.4, 0.5) is 0 Å². The van der Waals surface area contributed by atoms with Gasteiger partial charge in [-0.3, -0.25) is 14.5 Å². The van der Waals surface area contributed by atoms with Crippen LogP contribution in [0, 0.1) is 0 Å². The van der Waals surface area contributed by atoms with Gasteiger partial charge >= 0.3 is 11.9 Å². The van der Waals surface area contributed by atoms with E-state index < -0.39 is 0 Å². The molecular weight excluding hydrogens is 248 g/mol. The fourth-order valence-electron chi connectivity index (χ4n) is 1.25. The highest BCUT2D eigenvalue weighted by molar-refractivity contribution is 5.66. The van der Waals surface area contributed by atoms with E-state index in [4.69, 9.17) is 9.47 Å². The molecular formula is C13H24N2O4. The lowest BCUT2D eigenvalue weighted by atomic mass is 10.5. The van der Waals surface area contributed by atoms with Crippen LogP contribution in [0.3, 0.4) is 0 Å². The molecule has 0 aliphatic heterocycles. The quantitative estimate of drug-likeness (QED) is 0.569. The highest BCUT2D eigenvalue weighted by Crippen LogP contribution is 1.89. The minimum absolute atomic E-state index is 0.255. The summed E-state index contributed by atoms with van der Waals surface area (Å²) >= 11 is 0. The predicted octanol–water partition coefficient (Wildman–Crippen LogP) is 0.490. The molecule has 110 valence electrons. The standard InChI is InChI=1S/C13H24N2O4/c1-12(16)18-10-8-14(3)6-5-7-15(4)9-11-19-13(2)17/h5-6H,7-11H2,1-4H3. The number of nitrogens with zero attached hydrogens (tertiary/aromatic N) is 2. The molecule has 0 amide bonds. The van der Waals surface area contributed by atoms with Crippen molar-refractivity contribution in [1.29, 1.82) is 0 Å². The summed E-state index contributed by atoms with van der Waals surface area (Å²) in [6.07, 6.45) is 3.94. The van der Waals surface area contributed by atoms with Crippen LogP contribution >= 0.6 is 0 Å². The molecule has 19 heavy (non-hydrogen) atoms. The maximum absolute atomic E-state index is 10.6. The van der Waals surface area contributed by atoms with Crippen LogP contribution in [0.25, 0.3) is 0 Å². The SMILES string of the molecule is CC(=O)OCCN(C)C=CCN(C)CCOC(C)=O. The van der Waals surface area contributed by atoms with Crippen LogP contribution in [0.5, 0.6) is 0 Å². The van der Waals surface area contributed by atoms with Crippen molar-refractivity contribution in [2.45, 2.75) is 13.8 Å². The van der Waals surface area contributed by atoms with E-state index in [0.717, 1.165) is 6.54 Å². The van der Waals surface area contributed by atoms with E-state index in [1.807, 2.05) is 36.2 Å². The molecule has 0 bridgehead atoms. The molecule has 0 aliphatic carbocycles. The molecule has 6 nitrogen and oxygen atoms in total. The second-order valence-corrected chi connectivity index (χ2v) is 4.31. The molecule has 0 saturated carbocycles. The third-order valence-electron chi connectivity index (χ3n) is 2.30. The van der Waals surface area contributed by atoms with Gasteiger partial charge in [-0.15, -0.1) is 0 Å². The normalized spacial score (nSPS) is 10.8. The van der Waals surface area contributed by atoms with Gasteiger partial charge in [-0.1, -0.05) is 6.08 Å². The minimum atomic E-state index is -0.261. The molecule has 0 rings (SSSR count). The van der Waals surface area contributed by atoms with Gasteiger partial charge in [0.1, 0.15) is 13.2 Å². The first-order valence-corrected chi connectivity index (χ1v) is 6.24. The fraction of sp³-hybridized carbons (Fsp3) is 0.692. The lowest BCUT2D eigenvalue weighted by Gasteiger charge is -2.16. The molecule has 0 heterocycles. The lowest BCUT2D eigenvalue weighted by molar-refractivity contribution is -0.142. The summed E-state index contributed by atoms with van der Waals surface area (Å²) in [6, 6.07) is 0. The fourth-order valence-corrected chi connectivity index (χ4v) is 1.25. The van der Waals surface area contributed by atoms with Crippen molar-refractivity contribution < 1.29 is 19.1 Å². The molecule has 0 unspecified atom stereocenters. The van der Waals surface area contributed by atoms with Gasteiger partial charge in [-0.25, -0.2) is 0 Å². The van der Waals surface area contributed by atoms with Crippen molar-refractivity contribution in [1.82, 2.24) is 9.80 Å². The Balaban J connectivity index is 3.63. The summed E-state index contributed by atoms with van der Waals surface area (Å²) in [7, 11) is 3.87. The van der Waals surface area contributed by atoms with E-state index in [1.54, 1.807) is 0 Å². The van der Waals surface area contributed by atoms with Crippen LogP contribution in [0.2, 0.25) is 0 Å². The molecule has 0 saturated heterocycles. The Morgan fingerprint density at radius 3 is 2.05 bits per heavy atom. The van der Waals surface area contributed by atoms with Gasteiger partial charge in [0, 0.05) is 34.0 Å². The second-order valence-electron chi connectivity index (χ2n) is 4.31. The van der Waals surface area contributed by atoms with Crippen molar-refractivity contribution >= 4 is 11.9 Å². The third kappa shape index (κ3) is 12.7. The number of carbonyl (C=O) groups excluding carboxylic acids is 2. The molecule has 0 aromatic carbocycles. The summed E-state index contributed by atoms with van der Waals surface area (Å²) in [6.45, 7) is 5.71. The second kappa shape index (κ2) is 10.4. The topological polar surface area (TPSA) is 59.1 Å². The molecule has 6 heteroatoms. The number of ether oxygens (including phenoxy) is 2. The average Bonchev–Trinajstić information content (AvgIpc) is 2.27.